The van der Waals surface area contributed by atoms with Crippen molar-refractivity contribution in [3.8, 4) is 0 Å². The summed E-state index contributed by atoms with van der Waals surface area (Å²) in [6, 6.07) is 10.6. The van der Waals surface area contributed by atoms with Crippen LogP contribution in [-0.4, -0.2) is 26.1 Å². The quantitative estimate of drug-likeness (QED) is 0.867. The van der Waals surface area contributed by atoms with Gasteiger partial charge in [-0.25, -0.2) is 8.42 Å². The first-order valence-electron chi connectivity index (χ1n) is 6.81. The van der Waals surface area contributed by atoms with E-state index in [0.717, 1.165) is 5.56 Å². The summed E-state index contributed by atoms with van der Waals surface area (Å²) in [4.78, 5) is 15.0. The van der Waals surface area contributed by atoms with Crippen LogP contribution in [-0.2, 0) is 9.84 Å². The molecule has 22 heavy (non-hydrogen) atoms. The molecule has 0 radical (unpaired) electrons. The fraction of sp³-hybridized carbons (Fsp3) is 0.188. The number of sulfone groups is 1. The molecule has 6 heteroatoms. The van der Waals surface area contributed by atoms with Gasteiger partial charge in [0.1, 0.15) is 0 Å². The Labute approximate surface area is 133 Å². The van der Waals surface area contributed by atoms with Crippen molar-refractivity contribution in [2.75, 3.05) is 10.7 Å². The number of carbonyl (C=O) groups is 1. The zero-order chi connectivity index (χ0) is 15.7. The lowest BCUT2D eigenvalue weighted by Crippen LogP contribution is -2.40. The lowest BCUT2D eigenvalue weighted by molar-refractivity contribution is 0.0987. The molecule has 3 rings (SSSR count). The van der Waals surface area contributed by atoms with E-state index in [1.54, 1.807) is 17.0 Å². The molecule has 0 aliphatic carbocycles. The number of anilines is 1. The Kier molecular flexibility index (Phi) is 3.88. The lowest BCUT2D eigenvalue weighted by Gasteiger charge is -2.27. The van der Waals surface area contributed by atoms with Crippen LogP contribution in [0.15, 0.2) is 53.3 Å². The molecule has 1 aliphatic heterocycles. The van der Waals surface area contributed by atoms with Crippen LogP contribution in [0.3, 0.4) is 0 Å². The van der Waals surface area contributed by atoms with Crippen molar-refractivity contribution in [3.63, 3.8) is 0 Å². The van der Waals surface area contributed by atoms with Gasteiger partial charge in [0.2, 0.25) is 0 Å². The molecule has 0 saturated heterocycles. The van der Waals surface area contributed by atoms with Crippen molar-refractivity contribution in [2.45, 2.75) is 13.0 Å². The summed E-state index contributed by atoms with van der Waals surface area (Å²) >= 11 is 1.35. The molecular formula is C16H15NO3S2. The molecule has 2 aromatic rings. The van der Waals surface area contributed by atoms with Crippen molar-refractivity contribution in [2.24, 2.45) is 0 Å². The van der Waals surface area contributed by atoms with Crippen LogP contribution >= 0.6 is 11.3 Å². The monoisotopic (exact) mass is 333 g/mol. The van der Waals surface area contributed by atoms with Crippen LogP contribution in [0.1, 0.15) is 15.2 Å². The Morgan fingerprint density at radius 3 is 2.50 bits per heavy atom. The standard InChI is InChI=1S/C16H15NO3S2/c1-12-4-6-13(7-5-12)17(14-8-10-22(19,20)11-14)16(18)15-3-2-9-21-15/h2-10,14H,11H2,1H3/t14-/m1/s1. The van der Waals surface area contributed by atoms with Gasteiger partial charge in [-0.1, -0.05) is 23.8 Å². The van der Waals surface area contributed by atoms with Crippen LogP contribution in [0.25, 0.3) is 0 Å². The Bertz CT molecular complexity index is 806. The maximum atomic E-state index is 12.8. The molecule has 1 amide bonds. The normalized spacial score (nSPS) is 19.2. The predicted molar refractivity (Wildman–Crippen MR) is 89.0 cm³/mol. The van der Waals surface area contributed by atoms with Gasteiger partial charge < -0.3 is 0 Å². The second-order valence-corrected chi connectivity index (χ2v) is 8.09. The second kappa shape index (κ2) is 5.70. The number of hydrogen-bond donors (Lipinski definition) is 0. The Morgan fingerprint density at radius 1 is 1.23 bits per heavy atom. The minimum Gasteiger partial charge on any atom is -0.300 e. The van der Waals surface area contributed by atoms with E-state index in [1.165, 1.54) is 16.7 Å². The minimum atomic E-state index is -3.23. The van der Waals surface area contributed by atoms with Crippen LogP contribution in [0.2, 0.25) is 0 Å². The molecule has 2 heterocycles. The highest BCUT2D eigenvalue weighted by molar-refractivity contribution is 7.94. The summed E-state index contributed by atoms with van der Waals surface area (Å²) in [6.07, 6.45) is 1.58. The number of thiophene rings is 1. The Morgan fingerprint density at radius 2 is 1.95 bits per heavy atom. The highest BCUT2D eigenvalue weighted by Crippen LogP contribution is 2.26. The average molecular weight is 333 g/mol. The van der Waals surface area contributed by atoms with Crippen molar-refractivity contribution < 1.29 is 13.2 Å². The van der Waals surface area contributed by atoms with Crippen molar-refractivity contribution >= 4 is 32.8 Å². The smallest absolute Gasteiger partial charge is 0.268 e. The van der Waals surface area contributed by atoms with Gasteiger partial charge in [0.05, 0.1) is 16.7 Å². The van der Waals surface area contributed by atoms with E-state index in [2.05, 4.69) is 0 Å². The number of hydrogen-bond acceptors (Lipinski definition) is 4. The van der Waals surface area contributed by atoms with Crippen LogP contribution in [0.4, 0.5) is 5.69 Å². The van der Waals surface area contributed by atoms with E-state index in [9.17, 15) is 13.2 Å². The summed E-state index contributed by atoms with van der Waals surface area (Å²) in [5.41, 5.74) is 1.79. The number of nitrogens with zero attached hydrogens (tertiary/aromatic N) is 1. The number of amides is 1. The third kappa shape index (κ3) is 2.98. The number of aryl methyl sites for hydroxylation is 1. The Balaban J connectivity index is 2.01. The predicted octanol–water partition coefficient (Wildman–Crippen LogP) is 3.01. The molecular weight excluding hydrogens is 318 g/mol. The molecule has 1 aromatic carbocycles. The number of benzene rings is 1. The van der Waals surface area contributed by atoms with Crippen LogP contribution < -0.4 is 4.90 Å². The van der Waals surface area contributed by atoms with E-state index in [-0.39, 0.29) is 11.7 Å². The highest BCUT2D eigenvalue weighted by atomic mass is 32.2. The van der Waals surface area contributed by atoms with Gasteiger partial charge in [-0.2, -0.15) is 0 Å². The summed E-state index contributed by atoms with van der Waals surface area (Å²) in [7, 11) is -3.23. The fourth-order valence-corrected chi connectivity index (χ4v) is 4.33. The van der Waals surface area contributed by atoms with E-state index in [1.807, 2.05) is 42.6 Å². The van der Waals surface area contributed by atoms with E-state index >= 15 is 0 Å². The first-order valence-corrected chi connectivity index (χ1v) is 9.40. The van der Waals surface area contributed by atoms with Crippen LogP contribution in [0.5, 0.6) is 0 Å². The molecule has 0 bridgehead atoms. The third-order valence-electron chi connectivity index (χ3n) is 3.51. The summed E-state index contributed by atoms with van der Waals surface area (Å²) in [5.74, 6) is -0.247. The third-order valence-corrected chi connectivity index (χ3v) is 5.74. The molecule has 114 valence electrons. The van der Waals surface area contributed by atoms with Gasteiger partial charge >= 0.3 is 0 Å². The lowest BCUT2D eigenvalue weighted by atomic mass is 10.1. The van der Waals surface area contributed by atoms with Gasteiger partial charge in [0, 0.05) is 11.1 Å². The van der Waals surface area contributed by atoms with Gasteiger partial charge in [0.15, 0.2) is 9.84 Å². The summed E-state index contributed by atoms with van der Waals surface area (Å²) in [6.45, 7) is 1.97. The molecule has 1 aliphatic rings. The average Bonchev–Trinajstić information content (AvgIpc) is 3.11. The van der Waals surface area contributed by atoms with E-state index < -0.39 is 15.9 Å². The van der Waals surface area contributed by atoms with Crippen molar-refractivity contribution in [1.82, 2.24) is 0 Å². The van der Waals surface area contributed by atoms with Gasteiger partial charge in [-0.05, 0) is 36.6 Å². The van der Waals surface area contributed by atoms with E-state index in [4.69, 9.17) is 0 Å². The zero-order valence-corrected chi connectivity index (χ0v) is 13.6. The number of rotatable bonds is 3. The maximum absolute atomic E-state index is 12.8. The van der Waals surface area contributed by atoms with Gasteiger partial charge in [0.25, 0.3) is 5.91 Å². The first kappa shape index (κ1) is 15.0. The van der Waals surface area contributed by atoms with Gasteiger partial charge in [-0.15, -0.1) is 11.3 Å². The Hall–Kier alpha value is -1.92. The molecule has 0 fully saturated rings. The number of carbonyl (C=O) groups excluding carboxylic acids is 1. The van der Waals surface area contributed by atoms with Gasteiger partial charge in [-0.3, -0.25) is 9.69 Å². The van der Waals surface area contributed by atoms with Crippen molar-refractivity contribution in [3.05, 3.63) is 63.7 Å². The first-order chi connectivity index (χ1) is 10.5. The molecule has 4 nitrogen and oxygen atoms in total. The van der Waals surface area contributed by atoms with E-state index in [0.29, 0.717) is 10.6 Å². The zero-order valence-electron chi connectivity index (χ0n) is 12.0. The minimum absolute atomic E-state index is 0.0714. The molecule has 0 unspecified atom stereocenters. The summed E-state index contributed by atoms with van der Waals surface area (Å²) < 4.78 is 23.4. The molecule has 1 aromatic heterocycles. The topological polar surface area (TPSA) is 54.5 Å². The van der Waals surface area contributed by atoms with Crippen LogP contribution in [0, 0.1) is 6.92 Å². The second-order valence-electron chi connectivity index (χ2n) is 5.21. The SMILES string of the molecule is Cc1ccc(N(C(=O)c2cccs2)[C@@H]2C=CS(=O)(=O)C2)cc1. The molecule has 1 atom stereocenters. The maximum Gasteiger partial charge on any atom is 0.268 e. The largest absolute Gasteiger partial charge is 0.300 e. The highest BCUT2D eigenvalue weighted by Gasteiger charge is 2.32. The molecule has 0 saturated carbocycles. The fourth-order valence-electron chi connectivity index (χ4n) is 2.40. The summed E-state index contributed by atoms with van der Waals surface area (Å²) in [5, 5.41) is 3.03. The molecule has 0 N–H and O–H groups in total. The van der Waals surface area contributed by atoms with Crippen molar-refractivity contribution in [1.29, 1.82) is 0 Å². The molecule has 0 spiro atoms.